The minimum absolute atomic E-state index is 0.00810. The van der Waals surface area contributed by atoms with Crippen LogP contribution in [0.5, 0.6) is 17.2 Å². The van der Waals surface area contributed by atoms with Gasteiger partial charge in [0.05, 0.1) is 19.8 Å². The molecule has 33 heavy (non-hydrogen) atoms. The Morgan fingerprint density at radius 1 is 1.09 bits per heavy atom. The van der Waals surface area contributed by atoms with E-state index in [1.807, 2.05) is 19.1 Å². The van der Waals surface area contributed by atoms with Gasteiger partial charge in [-0.2, -0.15) is 0 Å². The van der Waals surface area contributed by atoms with Gasteiger partial charge in [-0.3, -0.25) is 4.79 Å². The highest BCUT2D eigenvalue weighted by atomic mass is 16.5. The maximum atomic E-state index is 13.3. The molecule has 2 aromatic carbocycles. The highest BCUT2D eigenvalue weighted by molar-refractivity contribution is 6.03. The Labute approximate surface area is 192 Å². The summed E-state index contributed by atoms with van der Waals surface area (Å²) in [5.41, 5.74) is 3.96. The van der Waals surface area contributed by atoms with Gasteiger partial charge in [0.25, 0.3) is 0 Å². The first kappa shape index (κ1) is 22.5. The van der Waals surface area contributed by atoms with Gasteiger partial charge in [-0.25, -0.2) is 4.79 Å². The van der Waals surface area contributed by atoms with Crippen molar-refractivity contribution in [3.8, 4) is 17.2 Å². The molecule has 0 bridgehead atoms. The molecule has 2 aromatic rings. The number of hydrogen-bond donors (Lipinski definition) is 2. The Bertz CT molecular complexity index is 1150. The number of phenolic OH excluding ortho intramolecular Hbond substituents is 1. The molecule has 172 valence electrons. The Kier molecular flexibility index (Phi) is 6.40. The van der Waals surface area contributed by atoms with Gasteiger partial charge in [0.15, 0.2) is 17.3 Å². The van der Waals surface area contributed by atoms with E-state index in [4.69, 9.17) is 14.2 Å². The van der Waals surface area contributed by atoms with Crippen molar-refractivity contribution < 1.29 is 28.9 Å². The molecule has 7 nitrogen and oxygen atoms in total. The van der Waals surface area contributed by atoms with Crippen molar-refractivity contribution in [2.75, 3.05) is 14.2 Å². The molecule has 0 saturated heterocycles. The number of aromatic hydroxyl groups is 1. The van der Waals surface area contributed by atoms with Crippen LogP contribution in [-0.2, 0) is 20.9 Å². The topological polar surface area (TPSA) is 94.1 Å². The molecule has 0 spiro atoms. The van der Waals surface area contributed by atoms with Gasteiger partial charge in [-0.15, -0.1) is 0 Å². The number of nitrogens with one attached hydrogen (secondary N) is 1. The van der Waals surface area contributed by atoms with E-state index < -0.39 is 11.9 Å². The van der Waals surface area contributed by atoms with Gasteiger partial charge < -0.3 is 24.6 Å². The zero-order valence-corrected chi connectivity index (χ0v) is 18.9. The standard InChI is InChI=1S/C26H27NO6/c1-15-23(26(30)33-14-16-7-10-18(31-2)11-8-16)24(17-9-12-20(28)22(13-17)32-3)25-19(27-15)5-4-6-21(25)29/h7-13,24,27-28H,4-6,14H2,1-3H3/t24-/m0/s1. The molecule has 1 aliphatic carbocycles. The van der Waals surface area contributed by atoms with Crippen LogP contribution in [0.4, 0.5) is 0 Å². The van der Waals surface area contributed by atoms with Crippen LogP contribution in [0, 0.1) is 0 Å². The molecule has 7 heteroatoms. The minimum Gasteiger partial charge on any atom is -0.504 e. The maximum absolute atomic E-state index is 13.3. The third-order valence-corrected chi connectivity index (χ3v) is 6.06. The number of allylic oxidation sites excluding steroid dienone is 3. The SMILES string of the molecule is COc1ccc(COC(=O)C2=C(C)NC3=C(C(=O)CCC3)[C@H]2c2ccc(O)c(OC)c2)cc1. The largest absolute Gasteiger partial charge is 0.504 e. The fourth-order valence-electron chi connectivity index (χ4n) is 4.41. The second-order valence-electron chi connectivity index (χ2n) is 8.12. The molecular weight excluding hydrogens is 422 g/mol. The fourth-order valence-corrected chi connectivity index (χ4v) is 4.41. The van der Waals surface area contributed by atoms with E-state index in [1.165, 1.54) is 13.2 Å². The third kappa shape index (κ3) is 4.44. The highest BCUT2D eigenvalue weighted by Crippen LogP contribution is 2.44. The normalized spacial score (nSPS) is 17.9. The van der Waals surface area contributed by atoms with Gasteiger partial charge in [0.2, 0.25) is 0 Å². The predicted octanol–water partition coefficient (Wildman–Crippen LogP) is 4.12. The van der Waals surface area contributed by atoms with Gasteiger partial charge in [0.1, 0.15) is 12.4 Å². The highest BCUT2D eigenvalue weighted by Gasteiger charge is 2.39. The van der Waals surface area contributed by atoms with E-state index in [-0.39, 0.29) is 23.9 Å². The molecule has 0 unspecified atom stereocenters. The molecule has 1 heterocycles. The van der Waals surface area contributed by atoms with E-state index in [0.29, 0.717) is 28.8 Å². The predicted molar refractivity (Wildman–Crippen MR) is 122 cm³/mol. The summed E-state index contributed by atoms with van der Waals surface area (Å²) in [6.07, 6.45) is 1.93. The average molecular weight is 450 g/mol. The van der Waals surface area contributed by atoms with Crippen molar-refractivity contribution in [2.45, 2.75) is 38.7 Å². The zero-order valence-electron chi connectivity index (χ0n) is 18.9. The first-order valence-corrected chi connectivity index (χ1v) is 10.8. The molecule has 0 radical (unpaired) electrons. The van der Waals surface area contributed by atoms with Crippen LogP contribution in [0.1, 0.15) is 43.2 Å². The zero-order chi connectivity index (χ0) is 23.5. The van der Waals surface area contributed by atoms with Gasteiger partial charge in [-0.05, 0) is 55.2 Å². The van der Waals surface area contributed by atoms with Gasteiger partial charge in [0, 0.05) is 29.3 Å². The molecule has 2 N–H and O–H groups in total. The molecule has 1 atom stereocenters. The lowest BCUT2D eigenvalue weighted by molar-refractivity contribution is -0.140. The number of carbonyl (C=O) groups is 2. The second-order valence-corrected chi connectivity index (χ2v) is 8.12. The lowest BCUT2D eigenvalue weighted by Gasteiger charge is -2.34. The number of esters is 1. The summed E-state index contributed by atoms with van der Waals surface area (Å²) in [5.74, 6) is -0.112. The first-order chi connectivity index (χ1) is 15.9. The third-order valence-electron chi connectivity index (χ3n) is 6.06. The summed E-state index contributed by atoms with van der Waals surface area (Å²) in [4.78, 5) is 26.3. The van der Waals surface area contributed by atoms with Crippen molar-refractivity contribution in [2.24, 2.45) is 0 Å². The quantitative estimate of drug-likeness (QED) is 0.641. The van der Waals surface area contributed by atoms with Crippen LogP contribution >= 0.6 is 0 Å². The van der Waals surface area contributed by atoms with Crippen molar-refractivity contribution in [1.29, 1.82) is 0 Å². The van der Waals surface area contributed by atoms with E-state index in [0.717, 1.165) is 29.9 Å². The number of ketones is 1. The van der Waals surface area contributed by atoms with Gasteiger partial charge in [-0.1, -0.05) is 18.2 Å². The summed E-state index contributed by atoms with van der Waals surface area (Å²) < 4.78 is 16.1. The number of hydrogen-bond acceptors (Lipinski definition) is 7. The first-order valence-electron chi connectivity index (χ1n) is 10.8. The molecule has 4 rings (SSSR count). The smallest absolute Gasteiger partial charge is 0.337 e. The molecule has 0 fully saturated rings. The molecule has 2 aliphatic rings. The number of methoxy groups -OCH3 is 2. The van der Waals surface area contributed by atoms with Crippen LogP contribution in [0.2, 0.25) is 0 Å². The van der Waals surface area contributed by atoms with Crippen molar-refractivity contribution in [1.82, 2.24) is 5.32 Å². The Morgan fingerprint density at radius 3 is 2.55 bits per heavy atom. The number of rotatable bonds is 6. The van der Waals surface area contributed by atoms with Crippen LogP contribution in [0.3, 0.4) is 0 Å². The summed E-state index contributed by atoms with van der Waals surface area (Å²) in [6, 6.07) is 12.2. The number of benzene rings is 2. The lowest BCUT2D eigenvalue weighted by Crippen LogP contribution is -2.34. The Balaban J connectivity index is 1.69. The summed E-state index contributed by atoms with van der Waals surface area (Å²) >= 11 is 0. The van der Waals surface area contributed by atoms with E-state index in [9.17, 15) is 14.7 Å². The maximum Gasteiger partial charge on any atom is 0.337 e. The van der Waals surface area contributed by atoms with Crippen molar-refractivity contribution in [3.63, 3.8) is 0 Å². The number of phenols is 1. The molecular formula is C26H27NO6. The van der Waals surface area contributed by atoms with Gasteiger partial charge >= 0.3 is 5.97 Å². The van der Waals surface area contributed by atoms with Crippen molar-refractivity contribution >= 4 is 11.8 Å². The van der Waals surface area contributed by atoms with E-state index in [2.05, 4.69) is 5.32 Å². The summed E-state index contributed by atoms with van der Waals surface area (Å²) in [5, 5.41) is 13.3. The molecule has 1 aliphatic heterocycles. The molecule has 0 aromatic heterocycles. The number of dihydropyridines is 1. The number of ether oxygens (including phenoxy) is 3. The lowest BCUT2D eigenvalue weighted by atomic mass is 9.75. The van der Waals surface area contributed by atoms with E-state index >= 15 is 0 Å². The van der Waals surface area contributed by atoms with Crippen LogP contribution < -0.4 is 14.8 Å². The fraction of sp³-hybridized carbons (Fsp3) is 0.308. The molecule has 0 amide bonds. The second kappa shape index (κ2) is 9.40. The number of Topliss-reactive ketones (excluding diaryl/α,β-unsaturated/α-hetero) is 1. The Morgan fingerprint density at radius 2 is 1.85 bits per heavy atom. The summed E-state index contributed by atoms with van der Waals surface area (Å²) in [6.45, 7) is 1.91. The number of carbonyl (C=O) groups excluding carboxylic acids is 2. The van der Waals surface area contributed by atoms with E-state index in [1.54, 1.807) is 31.4 Å². The average Bonchev–Trinajstić information content (AvgIpc) is 2.82. The summed E-state index contributed by atoms with van der Waals surface area (Å²) in [7, 11) is 3.05. The molecule has 0 saturated carbocycles. The van der Waals surface area contributed by atoms with Crippen LogP contribution in [0.15, 0.2) is 65.0 Å². The van der Waals surface area contributed by atoms with Crippen LogP contribution in [0.25, 0.3) is 0 Å². The monoisotopic (exact) mass is 449 g/mol. The Hall–Kier alpha value is -3.74. The van der Waals surface area contributed by atoms with Crippen LogP contribution in [-0.4, -0.2) is 31.1 Å². The minimum atomic E-state index is -0.605. The van der Waals surface area contributed by atoms with Crippen molar-refractivity contribution in [3.05, 3.63) is 76.1 Å².